The first-order valence-corrected chi connectivity index (χ1v) is 13.7. The van der Waals surface area contributed by atoms with E-state index in [0.29, 0.717) is 36.5 Å². The number of hydrogen-bond donors (Lipinski definition) is 0. The van der Waals surface area contributed by atoms with Gasteiger partial charge in [-0.1, -0.05) is 24.3 Å². The maximum Gasteiger partial charge on any atom is 0.347 e. The predicted octanol–water partition coefficient (Wildman–Crippen LogP) is 5.98. The molecule has 210 valence electrons. The minimum Gasteiger partial charge on any atom is -0.492 e. The van der Waals surface area contributed by atoms with Crippen molar-refractivity contribution in [2.24, 2.45) is 7.05 Å². The molecule has 0 amide bonds. The first kappa shape index (κ1) is 26.7. The number of ether oxygens (including phenoxy) is 3. The van der Waals surface area contributed by atoms with Gasteiger partial charge in [-0.25, -0.2) is 14.2 Å². The minimum atomic E-state index is -0.424. The second-order valence-electron chi connectivity index (χ2n) is 10.8. The van der Waals surface area contributed by atoms with Gasteiger partial charge in [0.15, 0.2) is 0 Å². The van der Waals surface area contributed by atoms with Gasteiger partial charge in [-0.3, -0.25) is 4.79 Å². The van der Waals surface area contributed by atoms with Crippen LogP contribution in [-0.2, 0) is 23.0 Å². The van der Waals surface area contributed by atoms with E-state index < -0.39 is 6.10 Å². The summed E-state index contributed by atoms with van der Waals surface area (Å²) in [7, 11) is 3.07. The van der Waals surface area contributed by atoms with Crippen LogP contribution in [0.3, 0.4) is 0 Å². The van der Waals surface area contributed by atoms with E-state index in [9.17, 15) is 9.59 Å². The van der Waals surface area contributed by atoms with Crippen LogP contribution in [0, 0.1) is 19.7 Å². The van der Waals surface area contributed by atoms with Gasteiger partial charge in [0.25, 0.3) is 0 Å². The smallest absolute Gasteiger partial charge is 0.347 e. The average molecular weight is 555 g/mol. The molecule has 8 heteroatoms. The highest BCUT2D eigenvalue weighted by Gasteiger charge is 2.32. The van der Waals surface area contributed by atoms with Gasteiger partial charge in [0.05, 0.1) is 20.1 Å². The van der Waals surface area contributed by atoms with Crippen LogP contribution in [-0.4, -0.2) is 29.2 Å². The number of aryl methyl sites for hydroxylation is 3. The van der Waals surface area contributed by atoms with E-state index in [0.717, 1.165) is 44.5 Å². The fourth-order valence-corrected chi connectivity index (χ4v) is 6.19. The fraction of sp³-hybridized carbons (Fsp3) is 0.303. The molecule has 0 bridgehead atoms. The Morgan fingerprint density at radius 2 is 1.90 bits per heavy atom. The fourth-order valence-electron chi connectivity index (χ4n) is 6.19. The van der Waals surface area contributed by atoms with Crippen molar-refractivity contribution >= 4 is 5.97 Å². The maximum atomic E-state index is 15.3. The SMILES string of the molecule is COC(=O)C[C@@H]1COc2cc(O[C@@H]3CCc4c(-c5c(C)cc(-c6cnc(=O)n(C)c6)cc5C)ccc(F)c43)ccc21. The highest BCUT2D eigenvalue weighted by molar-refractivity contribution is 5.79. The van der Waals surface area contributed by atoms with Crippen LogP contribution in [0.25, 0.3) is 22.3 Å². The zero-order valence-electron chi connectivity index (χ0n) is 23.5. The van der Waals surface area contributed by atoms with Crippen molar-refractivity contribution in [3.63, 3.8) is 0 Å². The highest BCUT2D eigenvalue weighted by Crippen LogP contribution is 2.45. The van der Waals surface area contributed by atoms with Gasteiger partial charge in [0.1, 0.15) is 23.4 Å². The summed E-state index contributed by atoms with van der Waals surface area (Å²) < 4.78 is 33.8. The van der Waals surface area contributed by atoms with Gasteiger partial charge >= 0.3 is 11.7 Å². The van der Waals surface area contributed by atoms with E-state index in [-0.39, 0.29) is 29.8 Å². The van der Waals surface area contributed by atoms with E-state index in [4.69, 9.17) is 14.2 Å². The zero-order chi connectivity index (χ0) is 28.8. The molecule has 41 heavy (non-hydrogen) atoms. The van der Waals surface area contributed by atoms with Crippen LogP contribution >= 0.6 is 0 Å². The third-order valence-electron chi connectivity index (χ3n) is 8.15. The number of rotatable bonds is 6. The van der Waals surface area contributed by atoms with Crippen LogP contribution in [0.2, 0.25) is 0 Å². The maximum absolute atomic E-state index is 15.3. The lowest BCUT2D eigenvalue weighted by molar-refractivity contribution is -0.141. The Hall–Kier alpha value is -4.46. The van der Waals surface area contributed by atoms with E-state index in [2.05, 4.69) is 31.0 Å². The van der Waals surface area contributed by atoms with Crippen LogP contribution < -0.4 is 15.2 Å². The largest absolute Gasteiger partial charge is 0.492 e. The van der Waals surface area contributed by atoms with Gasteiger partial charge < -0.3 is 18.8 Å². The van der Waals surface area contributed by atoms with Crippen molar-refractivity contribution in [2.75, 3.05) is 13.7 Å². The molecule has 1 aliphatic heterocycles. The van der Waals surface area contributed by atoms with Gasteiger partial charge in [-0.2, -0.15) is 0 Å². The number of hydrogen-bond acceptors (Lipinski definition) is 6. The summed E-state index contributed by atoms with van der Waals surface area (Å²) in [4.78, 5) is 27.5. The standard InChI is InChI=1S/C33H31FN2O5/c1-18-11-20(22-15-35-33(38)36(3)16-22)12-19(2)31(18)25-7-9-27(34)32-26(25)8-10-28(32)41-23-5-6-24-21(13-30(37)39-4)17-40-29(24)14-23/h5-7,9,11-12,14-16,21,28H,8,10,13,17H2,1-4H3/t21-,28-/m1/s1. The molecule has 4 aromatic rings. The van der Waals surface area contributed by atoms with E-state index in [1.807, 2.05) is 24.3 Å². The number of halogens is 1. The van der Waals surface area contributed by atoms with Crippen molar-refractivity contribution in [1.82, 2.24) is 9.55 Å². The molecule has 2 aliphatic rings. The second-order valence-corrected chi connectivity index (χ2v) is 10.8. The number of methoxy groups -OCH3 is 1. The van der Waals surface area contributed by atoms with Crippen LogP contribution in [0.15, 0.2) is 59.7 Å². The topological polar surface area (TPSA) is 79.7 Å². The molecular weight excluding hydrogens is 523 g/mol. The Morgan fingerprint density at radius 3 is 2.63 bits per heavy atom. The van der Waals surface area contributed by atoms with Gasteiger partial charge in [-0.15, -0.1) is 0 Å². The molecule has 0 saturated carbocycles. The molecule has 2 heterocycles. The molecule has 1 aromatic heterocycles. The van der Waals surface area contributed by atoms with Crippen LogP contribution in [0.1, 0.15) is 52.7 Å². The predicted molar refractivity (Wildman–Crippen MR) is 153 cm³/mol. The zero-order valence-corrected chi connectivity index (χ0v) is 23.5. The van der Waals surface area contributed by atoms with Gasteiger partial charge in [0, 0.05) is 48.1 Å². The Bertz CT molecular complexity index is 1720. The number of fused-ring (bicyclic) bond motifs is 2. The number of esters is 1. The molecular formula is C33H31FN2O5. The molecule has 0 spiro atoms. The van der Waals surface area contributed by atoms with Crippen molar-refractivity contribution in [1.29, 1.82) is 0 Å². The monoisotopic (exact) mass is 554 g/mol. The highest BCUT2D eigenvalue weighted by atomic mass is 19.1. The lowest BCUT2D eigenvalue weighted by atomic mass is 9.88. The number of aromatic nitrogens is 2. The molecule has 0 unspecified atom stereocenters. The normalized spacial score (nSPS) is 17.1. The number of benzene rings is 3. The van der Waals surface area contributed by atoms with E-state index in [1.54, 1.807) is 19.4 Å². The molecule has 0 radical (unpaired) electrons. The molecule has 6 rings (SSSR count). The van der Waals surface area contributed by atoms with Crippen molar-refractivity contribution in [2.45, 2.75) is 45.1 Å². The first-order chi connectivity index (χ1) is 19.7. The Kier molecular flexibility index (Phi) is 6.85. The first-order valence-electron chi connectivity index (χ1n) is 13.7. The molecule has 0 saturated heterocycles. The molecule has 7 nitrogen and oxygen atoms in total. The number of nitrogens with zero attached hydrogens (tertiary/aromatic N) is 2. The van der Waals surface area contributed by atoms with Gasteiger partial charge in [0.2, 0.25) is 0 Å². The minimum absolute atomic E-state index is 0.0540. The van der Waals surface area contributed by atoms with E-state index >= 15 is 4.39 Å². The van der Waals surface area contributed by atoms with Crippen LogP contribution in [0.4, 0.5) is 4.39 Å². The Balaban J connectivity index is 1.30. The molecule has 3 aromatic carbocycles. The lowest BCUT2D eigenvalue weighted by Crippen LogP contribution is -2.18. The molecule has 1 aliphatic carbocycles. The summed E-state index contributed by atoms with van der Waals surface area (Å²) in [6.45, 7) is 4.52. The lowest BCUT2D eigenvalue weighted by Gasteiger charge is -2.19. The summed E-state index contributed by atoms with van der Waals surface area (Å²) >= 11 is 0. The van der Waals surface area contributed by atoms with Crippen molar-refractivity contribution in [3.8, 4) is 33.8 Å². The van der Waals surface area contributed by atoms with Crippen molar-refractivity contribution in [3.05, 3.63) is 99.0 Å². The van der Waals surface area contributed by atoms with Gasteiger partial charge in [-0.05, 0) is 72.2 Å². The third-order valence-corrected chi connectivity index (χ3v) is 8.15. The summed E-state index contributed by atoms with van der Waals surface area (Å²) in [5.41, 5.74) is 8.25. The molecule has 0 N–H and O–H groups in total. The molecule has 0 fully saturated rings. The summed E-state index contributed by atoms with van der Waals surface area (Å²) in [6.07, 6.45) is 4.57. The summed E-state index contributed by atoms with van der Waals surface area (Å²) in [5.74, 6) is 0.688. The summed E-state index contributed by atoms with van der Waals surface area (Å²) in [5, 5.41) is 0. The number of carbonyl (C=O) groups excluding carboxylic acids is 1. The second kappa shape index (κ2) is 10.5. The van der Waals surface area contributed by atoms with Crippen molar-refractivity contribution < 1.29 is 23.4 Å². The average Bonchev–Trinajstić information content (AvgIpc) is 3.55. The third kappa shape index (κ3) is 4.88. The quantitative estimate of drug-likeness (QED) is 0.273. The Morgan fingerprint density at radius 1 is 1.12 bits per heavy atom. The number of carbonyl (C=O) groups is 1. The summed E-state index contributed by atoms with van der Waals surface area (Å²) in [6, 6.07) is 13.2. The Labute approximate surface area is 237 Å². The van der Waals surface area contributed by atoms with Crippen LogP contribution in [0.5, 0.6) is 11.5 Å². The molecule has 2 atom stereocenters. The van der Waals surface area contributed by atoms with E-state index in [1.165, 1.54) is 17.7 Å².